The summed E-state index contributed by atoms with van der Waals surface area (Å²) in [5, 5.41) is 3.75. The fraction of sp³-hybridized carbons (Fsp3) is 0.350. The summed E-state index contributed by atoms with van der Waals surface area (Å²) in [5.74, 6) is 0.490. The van der Waals surface area contributed by atoms with Gasteiger partial charge in [-0.3, -0.25) is 9.69 Å². The zero-order valence-electron chi connectivity index (χ0n) is 15.3. The molecule has 0 spiro atoms. The van der Waals surface area contributed by atoms with Gasteiger partial charge < -0.3 is 10.1 Å². The molecule has 1 N–H and O–H groups in total. The largest absolute Gasteiger partial charge is 0.497 e. The van der Waals surface area contributed by atoms with E-state index in [1.165, 1.54) is 0 Å². The van der Waals surface area contributed by atoms with Crippen LogP contribution in [0.5, 0.6) is 5.75 Å². The lowest BCUT2D eigenvalue weighted by atomic mass is 10.0. The van der Waals surface area contributed by atoms with E-state index in [4.69, 9.17) is 16.3 Å². The molecule has 1 amide bonds. The van der Waals surface area contributed by atoms with Gasteiger partial charge in [0.15, 0.2) is 0 Å². The molecule has 0 aliphatic heterocycles. The van der Waals surface area contributed by atoms with E-state index >= 15 is 0 Å². The Bertz CT molecular complexity index is 750. The maximum atomic E-state index is 12.7. The highest BCUT2D eigenvalue weighted by Crippen LogP contribution is 2.27. The van der Waals surface area contributed by atoms with Gasteiger partial charge in [-0.2, -0.15) is 0 Å². The Labute approximate surface area is 168 Å². The first-order chi connectivity index (χ1) is 12.5. The average Bonchev–Trinajstić information content (AvgIpc) is 2.66. The summed E-state index contributed by atoms with van der Waals surface area (Å²) in [7, 11) is 1.58. The van der Waals surface area contributed by atoms with Gasteiger partial charge in [0.05, 0.1) is 18.7 Å². The first-order valence-corrected chi connectivity index (χ1v) is 9.79. The summed E-state index contributed by atoms with van der Waals surface area (Å²) in [6.07, 6.45) is 0. The van der Waals surface area contributed by atoms with E-state index in [9.17, 15) is 4.79 Å². The molecule has 0 saturated heterocycles. The average molecular weight is 440 g/mol. The Morgan fingerprint density at radius 1 is 1.23 bits per heavy atom. The van der Waals surface area contributed by atoms with Crippen molar-refractivity contribution in [3.63, 3.8) is 0 Å². The molecular weight excluding hydrogens is 416 g/mol. The second-order valence-corrected chi connectivity index (χ2v) is 7.08. The van der Waals surface area contributed by atoms with Gasteiger partial charge in [-0.15, -0.1) is 0 Å². The fourth-order valence-electron chi connectivity index (χ4n) is 2.94. The van der Waals surface area contributed by atoms with Crippen LogP contribution in [0.4, 0.5) is 0 Å². The topological polar surface area (TPSA) is 41.6 Å². The zero-order chi connectivity index (χ0) is 19.1. The molecular formula is C20H24BrClN2O2. The first-order valence-electron chi connectivity index (χ1n) is 8.62. The van der Waals surface area contributed by atoms with E-state index in [1.54, 1.807) is 13.2 Å². The lowest BCUT2D eigenvalue weighted by molar-refractivity contribution is 0.0934. The maximum Gasteiger partial charge on any atom is 0.252 e. The van der Waals surface area contributed by atoms with Gasteiger partial charge in [-0.05, 0) is 58.8 Å². The van der Waals surface area contributed by atoms with E-state index in [0.717, 1.165) is 23.1 Å². The minimum Gasteiger partial charge on any atom is -0.497 e. The van der Waals surface area contributed by atoms with E-state index in [0.29, 0.717) is 22.9 Å². The molecule has 140 valence electrons. The molecule has 0 bridgehead atoms. The maximum absolute atomic E-state index is 12.7. The second kappa shape index (κ2) is 9.95. The van der Waals surface area contributed by atoms with Crippen LogP contribution in [-0.2, 0) is 0 Å². The highest BCUT2D eigenvalue weighted by Gasteiger charge is 2.22. The Morgan fingerprint density at radius 2 is 1.92 bits per heavy atom. The van der Waals surface area contributed by atoms with Gasteiger partial charge >= 0.3 is 0 Å². The van der Waals surface area contributed by atoms with Gasteiger partial charge in [0.2, 0.25) is 0 Å². The van der Waals surface area contributed by atoms with Crippen LogP contribution in [0, 0.1) is 0 Å². The molecule has 2 rings (SSSR count). The Balaban J connectivity index is 2.22. The predicted octanol–water partition coefficient (Wildman–Crippen LogP) is 4.92. The lowest BCUT2D eigenvalue weighted by Gasteiger charge is -2.31. The number of hydrogen-bond acceptors (Lipinski definition) is 3. The number of hydrogen-bond donors (Lipinski definition) is 1. The first kappa shape index (κ1) is 20.7. The number of likely N-dealkylation sites (N-methyl/N-ethyl adjacent to an activating group) is 1. The summed E-state index contributed by atoms with van der Waals surface area (Å²) >= 11 is 9.84. The number of halogens is 2. The third kappa shape index (κ3) is 5.00. The number of rotatable bonds is 8. The monoisotopic (exact) mass is 438 g/mol. The number of nitrogens with one attached hydrogen (secondary N) is 1. The molecule has 0 aromatic heterocycles. The van der Waals surface area contributed by atoms with Crippen LogP contribution >= 0.6 is 27.5 Å². The Morgan fingerprint density at radius 3 is 2.54 bits per heavy atom. The van der Waals surface area contributed by atoms with Crippen molar-refractivity contribution in [2.45, 2.75) is 19.9 Å². The van der Waals surface area contributed by atoms with Gasteiger partial charge in [-0.25, -0.2) is 0 Å². The van der Waals surface area contributed by atoms with Crippen molar-refractivity contribution in [3.8, 4) is 5.75 Å². The Kier molecular flexibility index (Phi) is 7.94. The molecule has 4 nitrogen and oxygen atoms in total. The number of benzene rings is 2. The number of ether oxygens (including phenoxy) is 1. The molecule has 2 aromatic carbocycles. The summed E-state index contributed by atoms with van der Waals surface area (Å²) in [6, 6.07) is 13.1. The van der Waals surface area contributed by atoms with E-state index in [2.05, 4.69) is 40.0 Å². The minimum absolute atomic E-state index is 0.00651. The second-order valence-electron chi connectivity index (χ2n) is 5.81. The van der Waals surface area contributed by atoms with Crippen molar-refractivity contribution in [2.75, 3.05) is 26.7 Å². The number of amides is 1. The third-order valence-electron chi connectivity index (χ3n) is 4.39. The smallest absolute Gasteiger partial charge is 0.252 e. The molecule has 0 aliphatic rings. The molecule has 6 heteroatoms. The lowest BCUT2D eigenvalue weighted by Crippen LogP contribution is -2.38. The number of nitrogens with zero attached hydrogens (tertiary/aromatic N) is 1. The number of carbonyl (C=O) groups is 1. The molecule has 2 aromatic rings. The zero-order valence-corrected chi connectivity index (χ0v) is 17.6. The van der Waals surface area contributed by atoms with Crippen molar-refractivity contribution < 1.29 is 9.53 Å². The third-order valence-corrected chi connectivity index (χ3v) is 5.43. The molecule has 0 aliphatic carbocycles. The standard InChI is InChI=1S/C20H24BrClN2O2/c1-4-24(5-2)19(15-8-6-7-9-18(15)22)13-23-20(25)16-12-14(26-3)10-11-17(16)21/h6-12,19H,4-5,13H2,1-3H3,(H,23,25). The van der Waals surface area contributed by atoms with Crippen LogP contribution in [-0.4, -0.2) is 37.6 Å². The summed E-state index contributed by atoms with van der Waals surface area (Å²) < 4.78 is 5.95. The van der Waals surface area contributed by atoms with Crippen molar-refractivity contribution >= 4 is 33.4 Å². The summed E-state index contributed by atoms with van der Waals surface area (Å²) in [4.78, 5) is 15.0. The molecule has 1 unspecified atom stereocenters. The van der Waals surface area contributed by atoms with Crippen LogP contribution in [0.3, 0.4) is 0 Å². The molecule has 26 heavy (non-hydrogen) atoms. The normalized spacial score (nSPS) is 12.1. The predicted molar refractivity (Wildman–Crippen MR) is 110 cm³/mol. The van der Waals surface area contributed by atoms with Gasteiger partial charge in [0, 0.05) is 16.0 Å². The molecule has 0 fully saturated rings. The number of methoxy groups -OCH3 is 1. The highest BCUT2D eigenvalue weighted by molar-refractivity contribution is 9.10. The highest BCUT2D eigenvalue weighted by atomic mass is 79.9. The SMILES string of the molecule is CCN(CC)C(CNC(=O)c1cc(OC)ccc1Br)c1ccccc1Cl. The van der Waals surface area contributed by atoms with Gasteiger partial charge in [-0.1, -0.05) is 43.6 Å². The van der Waals surface area contributed by atoms with E-state index in [-0.39, 0.29) is 11.9 Å². The van der Waals surface area contributed by atoms with Crippen LogP contribution in [0.1, 0.15) is 35.8 Å². The van der Waals surface area contributed by atoms with E-state index < -0.39 is 0 Å². The van der Waals surface area contributed by atoms with Crippen LogP contribution < -0.4 is 10.1 Å². The Hall–Kier alpha value is -1.56. The molecule has 0 radical (unpaired) electrons. The van der Waals surface area contributed by atoms with E-state index in [1.807, 2.05) is 36.4 Å². The van der Waals surface area contributed by atoms with Crippen molar-refractivity contribution in [2.24, 2.45) is 0 Å². The quantitative estimate of drug-likeness (QED) is 0.634. The van der Waals surface area contributed by atoms with Gasteiger partial charge in [0.25, 0.3) is 5.91 Å². The van der Waals surface area contributed by atoms with Crippen LogP contribution in [0.25, 0.3) is 0 Å². The summed E-state index contributed by atoms with van der Waals surface area (Å²) in [6.45, 7) is 6.41. The summed E-state index contributed by atoms with van der Waals surface area (Å²) in [5.41, 5.74) is 1.56. The molecule has 1 atom stereocenters. The van der Waals surface area contributed by atoms with Crippen molar-refractivity contribution in [3.05, 3.63) is 63.1 Å². The molecule has 0 heterocycles. The van der Waals surface area contributed by atoms with Gasteiger partial charge in [0.1, 0.15) is 5.75 Å². The fourth-order valence-corrected chi connectivity index (χ4v) is 3.62. The van der Waals surface area contributed by atoms with Crippen molar-refractivity contribution in [1.82, 2.24) is 10.2 Å². The molecule has 0 saturated carbocycles. The van der Waals surface area contributed by atoms with Crippen LogP contribution in [0.2, 0.25) is 5.02 Å². The minimum atomic E-state index is -0.153. The number of carbonyl (C=O) groups excluding carboxylic acids is 1. The van der Waals surface area contributed by atoms with Crippen LogP contribution in [0.15, 0.2) is 46.9 Å². The van der Waals surface area contributed by atoms with Crippen molar-refractivity contribution in [1.29, 1.82) is 0 Å².